The first-order valence-electron chi connectivity index (χ1n) is 21.6. The summed E-state index contributed by atoms with van der Waals surface area (Å²) >= 11 is 0. The van der Waals surface area contributed by atoms with Gasteiger partial charge in [-0.25, -0.2) is 9.59 Å². The molecule has 1 saturated heterocycles. The second-order valence-corrected chi connectivity index (χ2v) is 24.2. The van der Waals surface area contributed by atoms with Crippen molar-refractivity contribution >= 4 is 26.2 Å². The van der Waals surface area contributed by atoms with Crippen LogP contribution in [-0.4, -0.2) is 113 Å². The molecule has 0 bridgehead atoms. The van der Waals surface area contributed by atoms with E-state index in [9.17, 15) is 14.4 Å². The van der Waals surface area contributed by atoms with Crippen molar-refractivity contribution in [2.45, 2.75) is 188 Å². The van der Waals surface area contributed by atoms with Gasteiger partial charge < -0.3 is 43.1 Å². The lowest BCUT2D eigenvalue weighted by Crippen LogP contribution is -2.56. The normalized spacial score (nSPS) is 25.2. The number of alkyl carbamates (subject to hydrolysis) is 1. The van der Waals surface area contributed by atoms with Gasteiger partial charge >= 0.3 is 12.1 Å². The Morgan fingerprint density at radius 1 is 1.12 bits per heavy atom. The third-order valence-electron chi connectivity index (χ3n) is 12.6. The van der Waals surface area contributed by atoms with Crippen molar-refractivity contribution in [1.82, 2.24) is 10.2 Å². The number of ether oxygens (including phenoxy) is 6. The van der Waals surface area contributed by atoms with Crippen molar-refractivity contribution < 1.29 is 47.2 Å². The average molecular weight is 866 g/mol. The van der Waals surface area contributed by atoms with Gasteiger partial charge in [-0.2, -0.15) is 0 Å². The monoisotopic (exact) mass is 866 g/mol. The molecule has 0 aliphatic carbocycles. The summed E-state index contributed by atoms with van der Waals surface area (Å²) in [5, 5.41) is 6.22. The first-order valence-corrected chi connectivity index (χ1v) is 24.5. The lowest BCUT2D eigenvalue weighted by molar-refractivity contribution is -0.284. The van der Waals surface area contributed by atoms with Crippen molar-refractivity contribution in [2.75, 3.05) is 34.3 Å². The minimum absolute atomic E-state index is 0.0228. The molecule has 10 atom stereocenters. The Hall–Kier alpha value is -2.98. The zero-order valence-corrected chi connectivity index (χ0v) is 41.1. The van der Waals surface area contributed by atoms with E-state index in [1.165, 1.54) is 6.08 Å². The summed E-state index contributed by atoms with van der Waals surface area (Å²) < 4.78 is 44.7. The standard InChI is InChI=1S/C44H79N5O10Si/c1-19-35(59-60(17,18)41(7,8)9)43(12,58-40(52)46-24-20-21-25-47-48-45)23-22-34(50)28(2)27-44(13,53-16)37(31(5)36-32(6)38(51)57-42(10,11)56-36)55-39-30(4)33(49(14)15)26-29(3)54-39/h22-23,28-31,33,35,37,39H,19-21,24-27H2,1-18H3,(H,46,52)/b23-22+/t28-,29?,30?,31+,33?,35-,37-,39+,43+,44-/m1/s1. The molecule has 1 fully saturated rings. The van der Waals surface area contributed by atoms with Gasteiger partial charge in [-0.15, -0.1) is 0 Å². The topological polar surface area (TPSA) is 180 Å². The van der Waals surface area contributed by atoms with Crippen LogP contribution in [0, 0.1) is 17.8 Å². The first kappa shape index (κ1) is 53.2. The van der Waals surface area contributed by atoms with E-state index < -0.39 is 67.7 Å². The summed E-state index contributed by atoms with van der Waals surface area (Å²) in [6.07, 6.45) is 3.27. The quantitative estimate of drug-likeness (QED) is 0.0209. The summed E-state index contributed by atoms with van der Waals surface area (Å²) in [5.41, 5.74) is 6.48. The van der Waals surface area contributed by atoms with Crippen molar-refractivity contribution in [3.8, 4) is 0 Å². The fourth-order valence-corrected chi connectivity index (χ4v) is 9.28. The molecular formula is C44H79N5O10Si. The van der Waals surface area contributed by atoms with Crippen LogP contribution in [0.5, 0.6) is 0 Å². The summed E-state index contributed by atoms with van der Waals surface area (Å²) in [6, 6.07) is 0.185. The van der Waals surface area contributed by atoms with Crippen LogP contribution in [0.25, 0.3) is 10.4 Å². The van der Waals surface area contributed by atoms with E-state index in [-0.39, 0.29) is 35.3 Å². The minimum Gasteiger partial charge on any atom is -0.456 e. The van der Waals surface area contributed by atoms with Crippen molar-refractivity contribution in [1.29, 1.82) is 0 Å². The van der Waals surface area contributed by atoms with Gasteiger partial charge in [0.2, 0.25) is 5.79 Å². The Labute approximate surface area is 361 Å². The number of hydrogen-bond donors (Lipinski definition) is 1. The second kappa shape index (κ2) is 21.9. The molecule has 0 aromatic heterocycles. The van der Waals surface area contributed by atoms with E-state index in [2.05, 4.69) is 75.1 Å². The predicted molar refractivity (Wildman–Crippen MR) is 235 cm³/mol. The highest BCUT2D eigenvalue weighted by molar-refractivity contribution is 6.74. The maximum absolute atomic E-state index is 14.3. The predicted octanol–water partition coefficient (Wildman–Crippen LogP) is 9.22. The number of carbonyl (C=O) groups excluding carboxylic acids is 3. The fourth-order valence-electron chi connectivity index (χ4n) is 7.81. The maximum atomic E-state index is 14.3. The molecule has 0 radical (unpaired) electrons. The van der Waals surface area contributed by atoms with Crippen LogP contribution < -0.4 is 5.32 Å². The Bertz CT molecular complexity index is 1570. The number of cyclic esters (lactones) is 1. The average Bonchev–Trinajstić information content (AvgIpc) is 3.14. The van der Waals surface area contributed by atoms with Gasteiger partial charge in [0, 0.05) is 62.8 Å². The molecule has 2 aliphatic heterocycles. The Balaban J connectivity index is 2.55. The van der Waals surface area contributed by atoms with Gasteiger partial charge in [0.25, 0.3) is 0 Å². The molecule has 0 saturated carbocycles. The van der Waals surface area contributed by atoms with E-state index in [1.54, 1.807) is 40.9 Å². The molecular weight excluding hydrogens is 787 g/mol. The molecule has 1 N–H and O–H groups in total. The SMILES string of the molecule is CC[C@@H](O[Si](C)(C)C(C)(C)C)[C@](C)(/C=C/C(=O)[C@H](C)C[C@@](C)(OC)[C@H](O[C@@H]1OC(C)CC(N(C)C)C1C)[C@@H](C)C1=C(C)C(=O)OC(C)(C)O1)OC(=O)NCCCCN=[N+]=[N-]. The summed E-state index contributed by atoms with van der Waals surface area (Å²) in [6.45, 7) is 30.0. The van der Waals surface area contributed by atoms with Crippen LogP contribution in [0.15, 0.2) is 28.6 Å². The third kappa shape index (κ3) is 14.3. The molecule has 0 aromatic rings. The van der Waals surface area contributed by atoms with E-state index in [0.717, 1.165) is 6.42 Å². The highest BCUT2D eigenvalue weighted by Crippen LogP contribution is 2.43. The van der Waals surface area contributed by atoms with Gasteiger partial charge in [0.15, 0.2) is 26.0 Å². The second-order valence-electron chi connectivity index (χ2n) is 19.5. The van der Waals surface area contributed by atoms with Gasteiger partial charge in [-0.3, -0.25) is 4.79 Å². The molecule has 2 rings (SSSR count). The van der Waals surface area contributed by atoms with Gasteiger partial charge in [-0.05, 0) is 110 Å². The van der Waals surface area contributed by atoms with Crippen molar-refractivity contribution in [2.24, 2.45) is 22.9 Å². The number of unbranched alkanes of at least 4 members (excludes halogenated alkanes) is 1. The van der Waals surface area contributed by atoms with E-state index in [1.807, 2.05) is 34.6 Å². The Morgan fingerprint density at radius 3 is 2.30 bits per heavy atom. The van der Waals surface area contributed by atoms with Crippen LogP contribution in [0.1, 0.15) is 122 Å². The molecule has 344 valence electrons. The fraction of sp³-hybridized carbons (Fsp3) is 0.841. The van der Waals surface area contributed by atoms with Crippen molar-refractivity contribution in [3.05, 3.63) is 33.9 Å². The van der Waals surface area contributed by atoms with E-state index in [4.69, 9.17) is 38.4 Å². The van der Waals surface area contributed by atoms with Crippen LogP contribution in [-0.2, 0) is 42.4 Å². The number of allylic oxidation sites excluding steroid dienone is 1. The van der Waals surface area contributed by atoms with Crippen LogP contribution in [0.4, 0.5) is 4.79 Å². The number of azide groups is 1. The molecule has 15 nitrogen and oxygen atoms in total. The number of nitrogens with zero attached hydrogens (tertiary/aromatic N) is 4. The van der Waals surface area contributed by atoms with E-state index in [0.29, 0.717) is 43.7 Å². The lowest BCUT2D eigenvalue weighted by Gasteiger charge is -2.48. The van der Waals surface area contributed by atoms with Crippen LogP contribution >= 0.6 is 0 Å². The summed E-state index contributed by atoms with van der Waals surface area (Å²) in [5.74, 6) is -2.61. The summed E-state index contributed by atoms with van der Waals surface area (Å²) in [7, 11) is 3.34. The van der Waals surface area contributed by atoms with Crippen molar-refractivity contribution in [3.63, 3.8) is 0 Å². The van der Waals surface area contributed by atoms with Crippen LogP contribution in [0.2, 0.25) is 18.1 Å². The maximum Gasteiger partial charge on any atom is 0.408 e. The number of esters is 1. The number of rotatable bonds is 22. The number of amides is 1. The smallest absolute Gasteiger partial charge is 0.408 e. The molecule has 3 unspecified atom stereocenters. The molecule has 2 heterocycles. The number of hydrogen-bond acceptors (Lipinski definition) is 12. The highest BCUT2D eigenvalue weighted by Gasteiger charge is 2.50. The zero-order valence-electron chi connectivity index (χ0n) is 40.1. The number of carbonyl (C=O) groups is 3. The molecule has 60 heavy (non-hydrogen) atoms. The third-order valence-corrected chi connectivity index (χ3v) is 17.1. The zero-order chi connectivity index (χ0) is 46.0. The van der Waals surface area contributed by atoms with Gasteiger partial charge in [-0.1, -0.05) is 53.6 Å². The Kier molecular flexibility index (Phi) is 19.4. The number of nitrogens with one attached hydrogen (secondary N) is 1. The molecule has 0 spiro atoms. The molecule has 16 heteroatoms. The van der Waals surface area contributed by atoms with Gasteiger partial charge in [0.05, 0.1) is 29.5 Å². The van der Waals surface area contributed by atoms with Crippen LogP contribution in [0.3, 0.4) is 0 Å². The number of methoxy groups -OCH3 is 1. The Morgan fingerprint density at radius 2 is 1.75 bits per heavy atom. The molecule has 1 amide bonds. The summed E-state index contributed by atoms with van der Waals surface area (Å²) in [4.78, 5) is 45.6. The molecule has 0 aromatic carbocycles. The first-order chi connectivity index (χ1) is 27.6. The number of ketones is 1. The molecule has 2 aliphatic rings. The van der Waals surface area contributed by atoms with E-state index >= 15 is 0 Å². The highest BCUT2D eigenvalue weighted by atomic mass is 28.4. The van der Waals surface area contributed by atoms with Gasteiger partial charge in [0.1, 0.15) is 5.76 Å². The largest absolute Gasteiger partial charge is 0.456 e. The lowest BCUT2D eigenvalue weighted by atomic mass is 9.79. The minimum atomic E-state index is -2.36.